The lowest BCUT2D eigenvalue weighted by atomic mass is 10.3. The minimum atomic E-state index is 0.497. The van der Waals surface area contributed by atoms with E-state index in [0.29, 0.717) is 6.04 Å². The highest BCUT2D eigenvalue weighted by molar-refractivity contribution is 4.92. The number of hydrogen-bond acceptors (Lipinski definition) is 3. The maximum atomic E-state index is 4.37. The first-order chi connectivity index (χ1) is 8.21. The molecule has 0 bridgehead atoms. The predicted octanol–water partition coefficient (Wildman–Crippen LogP) is 1.72. The number of aryl methyl sites for hydroxylation is 1. The summed E-state index contributed by atoms with van der Waals surface area (Å²) in [5.74, 6) is 1.12. The SMILES string of the molecule is CCN(CC)CC(C)NCc1nccn1CC. The lowest BCUT2D eigenvalue weighted by Crippen LogP contribution is -2.39. The first kappa shape index (κ1) is 14.2. The van der Waals surface area contributed by atoms with Gasteiger partial charge in [0.15, 0.2) is 0 Å². The second kappa shape index (κ2) is 7.45. The smallest absolute Gasteiger partial charge is 0.122 e. The van der Waals surface area contributed by atoms with Crippen LogP contribution >= 0.6 is 0 Å². The molecule has 1 rings (SSSR count). The van der Waals surface area contributed by atoms with Crippen molar-refractivity contribution in [3.63, 3.8) is 0 Å². The third kappa shape index (κ3) is 4.48. The zero-order valence-electron chi connectivity index (χ0n) is 11.6. The summed E-state index contributed by atoms with van der Waals surface area (Å²) < 4.78 is 2.18. The van der Waals surface area contributed by atoms with Crippen LogP contribution in [-0.4, -0.2) is 40.1 Å². The second-order valence-corrected chi connectivity index (χ2v) is 4.40. The van der Waals surface area contributed by atoms with Crippen LogP contribution in [0.4, 0.5) is 0 Å². The quantitative estimate of drug-likeness (QED) is 0.748. The number of nitrogens with one attached hydrogen (secondary N) is 1. The number of rotatable bonds is 8. The molecule has 0 saturated carbocycles. The first-order valence-corrected chi connectivity index (χ1v) is 6.66. The van der Waals surface area contributed by atoms with Gasteiger partial charge in [-0.05, 0) is 26.9 Å². The van der Waals surface area contributed by atoms with Crippen LogP contribution in [0.1, 0.15) is 33.5 Å². The van der Waals surface area contributed by atoms with E-state index in [0.717, 1.165) is 38.5 Å². The van der Waals surface area contributed by atoms with Gasteiger partial charge in [-0.15, -0.1) is 0 Å². The minimum absolute atomic E-state index is 0.497. The van der Waals surface area contributed by atoms with Gasteiger partial charge in [0, 0.05) is 31.5 Å². The summed E-state index contributed by atoms with van der Waals surface area (Å²) in [5, 5.41) is 3.53. The Hall–Kier alpha value is -0.870. The minimum Gasteiger partial charge on any atom is -0.334 e. The number of nitrogens with zero attached hydrogens (tertiary/aromatic N) is 3. The molecular formula is C13H26N4. The summed E-state index contributed by atoms with van der Waals surface area (Å²) in [7, 11) is 0. The van der Waals surface area contributed by atoms with E-state index in [1.54, 1.807) is 0 Å². The molecule has 1 aromatic rings. The second-order valence-electron chi connectivity index (χ2n) is 4.40. The van der Waals surface area contributed by atoms with Crippen LogP contribution in [0.25, 0.3) is 0 Å². The molecule has 1 aromatic heterocycles. The molecule has 0 aliphatic heterocycles. The molecule has 0 aliphatic rings. The molecule has 0 radical (unpaired) electrons. The Bertz CT molecular complexity index is 304. The number of hydrogen-bond donors (Lipinski definition) is 1. The van der Waals surface area contributed by atoms with Gasteiger partial charge in [-0.3, -0.25) is 0 Å². The van der Waals surface area contributed by atoms with Crippen molar-refractivity contribution >= 4 is 0 Å². The van der Waals surface area contributed by atoms with Crippen LogP contribution in [0.2, 0.25) is 0 Å². The van der Waals surface area contributed by atoms with E-state index < -0.39 is 0 Å². The molecule has 4 nitrogen and oxygen atoms in total. The van der Waals surface area contributed by atoms with Crippen molar-refractivity contribution in [3.05, 3.63) is 18.2 Å². The number of likely N-dealkylation sites (N-methyl/N-ethyl adjacent to an activating group) is 1. The van der Waals surface area contributed by atoms with E-state index in [-0.39, 0.29) is 0 Å². The third-order valence-electron chi connectivity index (χ3n) is 3.18. The molecule has 4 heteroatoms. The molecule has 98 valence electrons. The fourth-order valence-electron chi connectivity index (χ4n) is 1.99. The third-order valence-corrected chi connectivity index (χ3v) is 3.18. The van der Waals surface area contributed by atoms with Crippen molar-refractivity contribution in [1.82, 2.24) is 19.8 Å². The highest BCUT2D eigenvalue weighted by Crippen LogP contribution is 1.98. The van der Waals surface area contributed by atoms with Gasteiger partial charge in [0.25, 0.3) is 0 Å². The van der Waals surface area contributed by atoms with Crippen LogP contribution < -0.4 is 5.32 Å². The van der Waals surface area contributed by atoms with Gasteiger partial charge in [-0.25, -0.2) is 4.98 Å². The van der Waals surface area contributed by atoms with Gasteiger partial charge in [-0.2, -0.15) is 0 Å². The summed E-state index contributed by atoms with van der Waals surface area (Å²) in [6.45, 7) is 14.0. The first-order valence-electron chi connectivity index (χ1n) is 6.66. The predicted molar refractivity (Wildman–Crippen MR) is 72.0 cm³/mol. The van der Waals surface area contributed by atoms with E-state index in [9.17, 15) is 0 Å². The number of aromatic nitrogens is 2. The topological polar surface area (TPSA) is 33.1 Å². The lowest BCUT2D eigenvalue weighted by molar-refractivity contribution is 0.269. The van der Waals surface area contributed by atoms with Crippen molar-refractivity contribution in [1.29, 1.82) is 0 Å². The van der Waals surface area contributed by atoms with Crippen LogP contribution in [0.3, 0.4) is 0 Å². The van der Waals surface area contributed by atoms with E-state index in [1.165, 1.54) is 0 Å². The average molecular weight is 238 g/mol. The summed E-state index contributed by atoms with van der Waals surface area (Å²) in [6, 6.07) is 0.497. The molecular weight excluding hydrogens is 212 g/mol. The molecule has 0 aromatic carbocycles. The van der Waals surface area contributed by atoms with E-state index in [1.807, 2.05) is 12.4 Å². The van der Waals surface area contributed by atoms with E-state index >= 15 is 0 Å². The van der Waals surface area contributed by atoms with E-state index in [2.05, 4.69) is 47.5 Å². The Balaban J connectivity index is 2.35. The van der Waals surface area contributed by atoms with Crippen molar-refractivity contribution in [2.45, 2.75) is 46.8 Å². The average Bonchev–Trinajstić information content (AvgIpc) is 2.80. The van der Waals surface area contributed by atoms with Crippen LogP contribution in [0, 0.1) is 0 Å². The highest BCUT2D eigenvalue weighted by atomic mass is 15.1. The van der Waals surface area contributed by atoms with E-state index in [4.69, 9.17) is 0 Å². The van der Waals surface area contributed by atoms with Crippen LogP contribution in [0.5, 0.6) is 0 Å². The van der Waals surface area contributed by atoms with Crippen LogP contribution in [-0.2, 0) is 13.1 Å². The Kier molecular flexibility index (Phi) is 6.22. The van der Waals surface area contributed by atoms with Crippen molar-refractivity contribution in [3.8, 4) is 0 Å². The molecule has 0 spiro atoms. The Labute approximate surface area is 105 Å². The molecule has 0 aliphatic carbocycles. The van der Waals surface area contributed by atoms with Gasteiger partial charge < -0.3 is 14.8 Å². The van der Waals surface area contributed by atoms with Gasteiger partial charge >= 0.3 is 0 Å². The van der Waals surface area contributed by atoms with Crippen molar-refractivity contribution in [2.75, 3.05) is 19.6 Å². The largest absolute Gasteiger partial charge is 0.334 e. The zero-order chi connectivity index (χ0) is 12.7. The molecule has 0 saturated heterocycles. The Morgan fingerprint density at radius 3 is 2.65 bits per heavy atom. The normalized spacial score (nSPS) is 13.2. The summed E-state index contributed by atoms with van der Waals surface area (Å²) in [6.07, 6.45) is 3.90. The fourth-order valence-corrected chi connectivity index (χ4v) is 1.99. The van der Waals surface area contributed by atoms with Crippen LogP contribution in [0.15, 0.2) is 12.4 Å². The zero-order valence-corrected chi connectivity index (χ0v) is 11.6. The molecule has 1 heterocycles. The van der Waals surface area contributed by atoms with Gasteiger partial charge in [0.1, 0.15) is 5.82 Å². The van der Waals surface area contributed by atoms with Gasteiger partial charge in [0.05, 0.1) is 6.54 Å². The lowest BCUT2D eigenvalue weighted by Gasteiger charge is -2.23. The van der Waals surface area contributed by atoms with Gasteiger partial charge in [-0.1, -0.05) is 13.8 Å². The molecule has 1 unspecified atom stereocenters. The standard InChI is InChI=1S/C13H26N4/c1-5-16(6-2)11-12(4)15-10-13-14-8-9-17(13)7-3/h8-9,12,15H,5-7,10-11H2,1-4H3. The highest BCUT2D eigenvalue weighted by Gasteiger charge is 2.08. The summed E-state index contributed by atoms with van der Waals surface area (Å²) in [4.78, 5) is 6.80. The Morgan fingerprint density at radius 2 is 2.06 bits per heavy atom. The molecule has 17 heavy (non-hydrogen) atoms. The maximum absolute atomic E-state index is 4.37. The Morgan fingerprint density at radius 1 is 1.35 bits per heavy atom. The monoisotopic (exact) mass is 238 g/mol. The molecule has 1 N–H and O–H groups in total. The van der Waals surface area contributed by atoms with Gasteiger partial charge in [0.2, 0.25) is 0 Å². The fraction of sp³-hybridized carbons (Fsp3) is 0.769. The molecule has 0 fully saturated rings. The summed E-state index contributed by atoms with van der Waals surface area (Å²) >= 11 is 0. The maximum Gasteiger partial charge on any atom is 0.122 e. The number of imidazole rings is 1. The summed E-state index contributed by atoms with van der Waals surface area (Å²) in [5.41, 5.74) is 0. The molecule has 1 atom stereocenters. The molecule has 0 amide bonds. The van der Waals surface area contributed by atoms with Crippen molar-refractivity contribution < 1.29 is 0 Å². The van der Waals surface area contributed by atoms with Crippen molar-refractivity contribution in [2.24, 2.45) is 0 Å².